The average molecular weight is 473 g/mol. The number of amides is 2. The molecule has 0 aliphatic rings. The first-order valence-corrected chi connectivity index (χ1v) is 10.3. The Kier molecular flexibility index (Phi) is 8.35. The van der Waals surface area contributed by atoms with Gasteiger partial charge in [-0.1, -0.05) is 23.2 Å². The third-order valence-corrected chi connectivity index (χ3v) is 4.69. The van der Waals surface area contributed by atoms with E-state index in [0.29, 0.717) is 10.6 Å². The summed E-state index contributed by atoms with van der Waals surface area (Å²) in [4.78, 5) is 31.5. The Morgan fingerprint density at radius 3 is 2.59 bits per heavy atom. The Balaban J connectivity index is 2.52. The zero-order chi connectivity index (χ0) is 24.0. The monoisotopic (exact) mass is 472 g/mol. The normalized spacial score (nSPS) is 11.0. The minimum atomic E-state index is -0.647. The summed E-state index contributed by atoms with van der Waals surface area (Å²) in [7, 11) is 1.55. The number of hydrogen-bond donors (Lipinski definition) is 3. The fraction of sp³-hybridized carbons (Fsp3) is 0.227. The summed E-state index contributed by atoms with van der Waals surface area (Å²) in [6.07, 6.45) is 2.66. The van der Waals surface area contributed by atoms with Gasteiger partial charge in [-0.25, -0.2) is 4.98 Å². The number of halogens is 2. The molecule has 0 aliphatic carbocycles. The summed E-state index contributed by atoms with van der Waals surface area (Å²) in [5.41, 5.74) is 1.15. The Morgan fingerprint density at radius 1 is 1.34 bits per heavy atom. The zero-order valence-corrected chi connectivity index (χ0v) is 19.5. The molecule has 32 heavy (non-hydrogen) atoms. The zero-order valence-electron chi connectivity index (χ0n) is 18.0. The molecule has 0 saturated carbocycles. The summed E-state index contributed by atoms with van der Waals surface area (Å²) >= 11 is 12.0. The lowest BCUT2D eigenvalue weighted by Crippen LogP contribution is -2.33. The van der Waals surface area contributed by atoms with Gasteiger partial charge in [0.15, 0.2) is 5.82 Å². The summed E-state index contributed by atoms with van der Waals surface area (Å²) in [5, 5.41) is 22.3. The number of nitrogens with one attached hydrogen (secondary N) is 3. The Bertz CT molecular complexity index is 1140. The molecular formula is C22H22Cl2N6O2. The van der Waals surface area contributed by atoms with E-state index in [-0.39, 0.29) is 39.5 Å². The Hall–Kier alpha value is -3.41. The topological polar surface area (TPSA) is 122 Å². The number of anilines is 2. The smallest absolute Gasteiger partial charge is 0.272 e. The first-order chi connectivity index (χ1) is 15.0. The number of aryl methyl sites for hydroxylation is 1. The molecule has 8 nitrogen and oxygen atoms in total. The molecule has 1 aromatic carbocycles. The lowest BCUT2D eigenvalue weighted by molar-refractivity contribution is -0.112. The highest BCUT2D eigenvalue weighted by molar-refractivity contribution is 6.67. The number of likely N-dealkylation sites (N-methyl/N-ethyl adjacent to an activating group) is 1. The van der Waals surface area contributed by atoms with Gasteiger partial charge in [-0.3, -0.25) is 15.0 Å². The van der Waals surface area contributed by atoms with E-state index in [1.165, 1.54) is 17.2 Å². The van der Waals surface area contributed by atoms with Crippen molar-refractivity contribution in [2.45, 2.75) is 26.8 Å². The standard InChI is InChI=1S/C22H22Cl2N6O2/c1-12(2)28-21(31)15-9-14(11-25)8-13(3)19(15)29-22(32)17(10-18(24)26)30(4)20-16(23)6-5-7-27-20/h5-10,12,26H,1-4H3,(H,28,31)(H,29,32)/b17-10-,26-18?. The summed E-state index contributed by atoms with van der Waals surface area (Å²) in [6.45, 7) is 5.28. The van der Waals surface area contributed by atoms with Crippen LogP contribution in [0.3, 0.4) is 0 Å². The number of allylic oxidation sites excluding steroid dienone is 1. The molecule has 0 aliphatic heterocycles. The maximum Gasteiger partial charge on any atom is 0.272 e. The van der Waals surface area contributed by atoms with Gasteiger partial charge in [-0.15, -0.1) is 0 Å². The predicted octanol–water partition coefficient (Wildman–Crippen LogP) is 4.23. The highest BCUT2D eigenvalue weighted by atomic mass is 35.5. The van der Waals surface area contributed by atoms with Crippen LogP contribution in [0.25, 0.3) is 0 Å². The van der Waals surface area contributed by atoms with Crippen molar-refractivity contribution in [1.29, 1.82) is 10.7 Å². The van der Waals surface area contributed by atoms with E-state index in [9.17, 15) is 14.9 Å². The first-order valence-electron chi connectivity index (χ1n) is 9.52. The van der Waals surface area contributed by atoms with Crippen molar-refractivity contribution in [2.75, 3.05) is 17.3 Å². The molecule has 2 aromatic rings. The van der Waals surface area contributed by atoms with E-state index in [0.717, 1.165) is 6.08 Å². The van der Waals surface area contributed by atoms with E-state index < -0.39 is 11.8 Å². The van der Waals surface area contributed by atoms with Crippen molar-refractivity contribution in [3.05, 3.63) is 63.9 Å². The van der Waals surface area contributed by atoms with Crippen molar-refractivity contribution < 1.29 is 9.59 Å². The maximum atomic E-state index is 13.2. The van der Waals surface area contributed by atoms with E-state index in [4.69, 9.17) is 28.6 Å². The molecule has 0 saturated heterocycles. The largest absolute Gasteiger partial charge is 0.350 e. The first kappa shape index (κ1) is 24.9. The third-order valence-electron chi connectivity index (χ3n) is 4.28. The Morgan fingerprint density at radius 2 is 2.03 bits per heavy atom. The molecular weight excluding hydrogens is 451 g/mol. The van der Waals surface area contributed by atoms with Gasteiger partial charge in [-0.05, 0) is 50.6 Å². The fourth-order valence-electron chi connectivity index (χ4n) is 2.89. The molecule has 0 spiro atoms. The van der Waals surface area contributed by atoms with Crippen molar-refractivity contribution in [2.24, 2.45) is 0 Å². The van der Waals surface area contributed by atoms with Crippen molar-refractivity contribution >= 4 is 51.7 Å². The second-order valence-electron chi connectivity index (χ2n) is 7.16. The molecule has 0 radical (unpaired) electrons. The second-order valence-corrected chi connectivity index (χ2v) is 7.97. The predicted molar refractivity (Wildman–Crippen MR) is 126 cm³/mol. The van der Waals surface area contributed by atoms with E-state index in [1.54, 1.807) is 46.0 Å². The minimum Gasteiger partial charge on any atom is -0.350 e. The van der Waals surface area contributed by atoms with Crippen LogP contribution in [0, 0.1) is 23.7 Å². The third kappa shape index (κ3) is 6.06. The van der Waals surface area contributed by atoms with Crippen LogP contribution in [0.1, 0.15) is 35.3 Å². The number of pyridine rings is 1. The van der Waals surface area contributed by atoms with Crippen molar-refractivity contribution in [3.8, 4) is 6.07 Å². The summed E-state index contributed by atoms with van der Waals surface area (Å²) in [5.74, 6) is -0.805. The van der Waals surface area contributed by atoms with Crippen LogP contribution >= 0.6 is 23.2 Å². The molecule has 10 heteroatoms. The lowest BCUT2D eigenvalue weighted by Gasteiger charge is -2.23. The number of nitrogens with zero attached hydrogens (tertiary/aromatic N) is 3. The van der Waals surface area contributed by atoms with Gasteiger partial charge in [0.2, 0.25) is 0 Å². The van der Waals surface area contributed by atoms with E-state index >= 15 is 0 Å². The minimum absolute atomic E-state index is 0.0235. The number of nitriles is 1. The average Bonchev–Trinajstić information content (AvgIpc) is 2.72. The Labute approximate surface area is 196 Å². The molecule has 0 unspecified atom stereocenters. The molecule has 3 N–H and O–H groups in total. The maximum absolute atomic E-state index is 13.2. The van der Waals surface area contributed by atoms with Gasteiger partial charge < -0.3 is 15.5 Å². The van der Waals surface area contributed by atoms with Gasteiger partial charge in [0, 0.05) is 25.4 Å². The van der Waals surface area contributed by atoms with Gasteiger partial charge >= 0.3 is 0 Å². The van der Waals surface area contributed by atoms with Gasteiger partial charge in [0.25, 0.3) is 11.8 Å². The van der Waals surface area contributed by atoms with Crippen LogP contribution < -0.4 is 15.5 Å². The summed E-state index contributed by atoms with van der Waals surface area (Å²) in [6, 6.07) is 8.09. The second kappa shape index (κ2) is 10.8. The number of aromatic nitrogens is 1. The highest BCUT2D eigenvalue weighted by Gasteiger charge is 2.23. The van der Waals surface area contributed by atoms with Crippen LogP contribution in [0.15, 0.2) is 42.2 Å². The van der Waals surface area contributed by atoms with Gasteiger partial charge in [0.1, 0.15) is 10.9 Å². The lowest BCUT2D eigenvalue weighted by atomic mass is 10.0. The van der Waals surface area contributed by atoms with Gasteiger partial charge in [0.05, 0.1) is 27.9 Å². The van der Waals surface area contributed by atoms with E-state index in [2.05, 4.69) is 15.6 Å². The fourth-order valence-corrected chi connectivity index (χ4v) is 3.24. The number of carbonyl (C=O) groups excluding carboxylic acids is 2. The number of rotatable bonds is 7. The van der Waals surface area contributed by atoms with Crippen molar-refractivity contribution in [3.63, 3.8) is 0 Å². The van der Waals surface area contributed by atoms with Gasteiger partial charge in [-0.2, -0.15) is 5.26 Å². The molecule has 1 aromatic heterocycles. The number of carbonyl (C=O) groups is 2. The molecule has 0 atom stereocenters. The molecule has 0 fully saturated rings. The summed E-state index contributed by atoms with van der Waals surface area (Å²) < 4.78 is 0. The van der Waals surface area contributed by atoms with Crippen LogP contribution in [0.5, 0.6) is 0 Å². The SMILES string of the molecule is Cc1cc(C#N)cc(C(=O)NC(C)C)c1NC(=O)/C(=C/C(=N)Cl)N(C)c1ncccc1Cl. The highest BCUT2D eigenvalue weighted by Crippen LogP contribution is 2.27. The van der Waals surface area contributed by atoms with Crippen LogP contribution in [-0.4, -0.2) is 35.1 Å². The van der Waals surface area contributed by atoms with Crippen LogP contribution in [0.2, 0.25) is 5.02 Å². The van der Waals surface area contributed by atoms with Crippen LogP contribution in [-0.2, 0) is 4.79 Å². The quantitative estimate of drug-likeness (QED) is 0.411. The molecule has 1 heterocycles. The van der Waals surface area contributed by atoms with Crippen LogP contribution in [0.4, 0.5) is 11.5 Å². The van der Waals surface area contributed by atoms with E-state index in [1.807, 2.05) is 6.07 Å². The van der Waals surface area contributed by atoms with Crippen molar-refractivity contribution in [1.82, 2.24) is 10.3 Å². The molecule has 2 amide bonds. The molecule has 166 valence electrons. The number of hydrogen-bond acceptors (Lipinski definition) is 6. The molecule has 2 rings (SSSR count). The molecule has 0 bridgehead atoms. The number of benzene rings is 1.